The standard InChI is InChI=1S/C13H18FNO3/c14-12-4-2-11(3-5-12)10-13(17)15-6-1-8-18-9-7-16/h2-5,16H,1,6-10H2,(H,15,17). The van der Waals surface area contributed by atoms with E-state index in [1.165, 1.54) is 12.1 Å². The highest BCUT2D eigenvalue weighted by atomic mass is 19.1. The first-order chi connectivity index (χ1) is 8.72. The van der Waals surface area contributed by atoms with Crippen molar-refractivity contribution >= 4 is 5.91 Å². The summed E-state index contributed by atoms with van der Waals surface area (Å²) >= 11 is 0. The van der Waals surface area contributed by atoms with E-state index in [2.05, 4.69) is 5.32 Å². The van der Waals surface area contributed by atoms with Gasteiger partial charge in [-0.05, 0) is 24.1 Å². The lowest BCUT2D eigenvalue weighted by Gasteiger charge is -2.05. The SMILES string of the molecule is O=C(Cc1ccc(F)cc1)NCCCOCCO. The van der Waals surface area contributed by atoms with E-state index in [9.17, 15) is 9.18 Å². The average Bonchev–Trinajstić information content (AvgIpc) is 2.36. The van der Waals surface area contributed by atoms with Crippen LogP contribution < -0.4 is 5.32 Å². The van der Waals surface area contributed by atoms with Crippen molar-refractivity contribution in [3.63, 3.8) is 0 Å². The third kappa shape index (κ3) is 6.32. The van der Waals surface area contributed by atoms with E-state index in [1.807, 2.05) is 0 Å². The van der Waals surface area contributed by atoms with Crippen LogP contribution in [0.3, 0.4) is 0 Å². The zero-order valence-corrected chi connectivity index (χ0v) is 10.2. The quantitative estimate of drug-likeness (QED) is 0.678. The predicted octanol–water partition coefficient (Wildman–Crippen LogP) is 0.883. The van der Waals surface area contributed by atoms with E-state index in [4.69, 9.17) is 9.84 Å². The van der Waals surface area contributed by atoms with Gasteiger partial charge in [0.05, 0.1) is 19.6 Å². The first-order valence-corrected chi connectivity index (χ1v) is 5.92. The maximum absolute atomic E-state index is 12.6. The van der Waals surface area contributed by atoms with E-state index in [0.29, 0.717) is 26.2 Å². The molecule has 5 heteroatoms. The minimum absolute atomic E-state index is 0.0108. The molecular weight excluding hydrogens is 237 g/mol. The smallest absolute Gasteiger partial charge is 0.224 e. The Morgan fingerprint density at radius 3 is 2.67 bits per heavy atom. The third-order valence-electron chi connectivity index (χ3n) is 2.30. The van der Waals surface area contributed by atoms with E-state index in [0.717, 1.165) is 5.56 Å². The van der Waals surface area contributed by atoms with Gasteiger partial charge in [0.25, 0.3) is 0 Å². The molecule has 1 aromatic carbocycles. The number of carbonyl (C=O) groups is 1. The second-order valence-corrected chi connectivity index (χ2v) is 3.84. The Hall–Kier alpha value is -1.46. The Morgan fingerprint density at radius 1 is 1.28 bits per heavy atom. The number of aliphatic hydroxyl groups is 1. The number of halogens is 1. The van der Waals surface area contributed by atoms with Crippen molar-refractivity contribution in [3.8, 4) is 0 Å². The average molecular weight is 255 g/mol. The van der Waals surface area contributed by atoms with Crippen molar-refractivity contribution in [1.29, 1.82) is 0 Å². The third-order valence-corrected chi connectivity index (χ3v) is 2.30. The largest absolute Gasteiger partial charge is 0.394 e. The van der Waals surface area contributed by atoms with Gasteiger partial charge in [0.2, 0.25) is 5.91 Å². The summed E-state index contributed by atoms with van der Waals surface area (Å²) in [5.41, 5.74) is 0.783. The lowest BCUT2D eigenvalue weighted by atomic mass is 10.1. The molecule has 2 N–H and O–H groups in total. The molecular formula is C13H18FNO3. The summed E-state index contributed by atoms with van der Waals surface area (Å²) < 4.78 is 17.7. The van der Waals surface area contributed by atoms with Crippen molar-refractivity contribution in [2.45, 2.75) is 12.8 Å². The predicted molar refractivity (Wildman–Crippen MR) is 65.6 cm³/mol. The van der Waals surface area contributed by atoms with Crippen LogP contribution in [0.5, 0.6) is 0 Å². The fourth-order valence-corrected chi connectivity index (χ4v) is 1.42. The van der Waals surface area contributed by atoms with E-state index in [1.54, 1.807) is 12.1 Å². The maximum Gasteiger partial charge on any atom is 0.224 e. The molecule has 0 saturated carbocycles. The molecule has 0 aliphatic carbocycles. The van der Waals surface area contributed by atoms with E-state index >= 15 is 0 Å². The number of hydrogen-bond donors (Lipinski definition) is 2. The molecule has 0 aliphatic heterocycles. The molecule has 0 saturated heterocycles. The Balaban J connectivity index is 2.12. The van der Waals surface area contributed by atoms with Crippen LogP contribution in [0.2, 0.25) is 0 Å². The van der Waals surface area contributed by atoms with E-state index in [-0.39, 0.29) is 24.8 Å². The Labute approximate surface area is 106 Å². The molecule has 1 amide bonds. The van der Waals surface area contributed by atoms with E-state index < -0.39 is 0 Å². The van der Waals surface area contributed by atoms with Crippen LogP contribution in [-0.2, 0) is 16.0 Å². The van der Waals surface area contributed by atoms with Gasteiger partial charge < -0.3 is 15.2 Å². The minimum atomic E-state index is -0.305. The fraction of sp³-hybridized carbons (Fsp3) is 0.462. The second kappa shape index (κ2) is 8.60. The molecule has 0 bridgehead atoms. The number of ether oxygens (including phenoxy) is 1. The van der Waals surface area contributed by atoms with Gasteiger partial charge in [-0.15, -0.1) is 0 Å². The Kier molecular flexibility index (Phi) is 6.98. The molecule has 0 fully saturated rings. The highest BCUT2D eigenvalue weighted by Gasteiger charge is 2.02. The van der Waals surface area contributed by atoms with Crippen LogP contribution >= 0.6 is 0 Å². The van der Waals surface area contributed by atoms with Gasteiger partial charge in [-0.1, -0.05) is 12.1 Å². The number of aliphatic hydroxyl groups excluding tert-OH is 1. The topological polar surface area (TPSA) is 58.6 Å². The van der Waals surface area contributed by atoms with Crippen LogP contribution in [0.4, 0.5) is 4.39 Å². The van der Waals surface area contributed by atoms with Crippen LogP contribution in [0.15, 0.2) is 24.3 Å². The monoisotopic (exact) mass is 255 g/mol. The van der Waals surface area contributed by atoms with Crippen LogP contribution in [0.25, 0.3) is 0 Å². The summed E-state index contributed by atoms with van der Waals surface area (Å²) in [6, 6.07) is 5.87. The molecule has 0 heterocycles. The normalized spacial score (nSPS) is 10.3. The number of hydrogen-bond acceptors (Lipinski definition) is 3. The van der Waals surface area contributed by atoms with Crippen molar-refractivity contribution in [1.82, 2.24) is 5.32 Å². The van der Waals surface area contributed by atoms with Gasteiger partial charge in [-0.2, -0.15) is 0 Å². The summed E-state index contributed by atoms with van der Waals surface area (Å²) in [4.78, 5) is 11.5. The van der Waals surface area contributed by atoms with Crippen molar-refractivity contribution in [2.75, 3.05) is 26.4 Å². The molecule has 100 valence electrons. The van der Waals surface area contributed by atoms with Crippen molar-refractivity contribution in [3.05, 3.63) is 35.6 Å². The molecule has 18 heavy (non-hydrogen) atoms. The van der Waals surface area contributed by atoms with Gasteiger partial charge >= 0.3 is 0 Å². The van der Waals surface area contributed by atoms with Gasteiger partial charge in [0, 0.05) is 13.2 Å². The number of benzene rings is 1. The lowest BCUT2D eigenvalue weighted by Crippen LogP contribution is -2.26. The zero-order chi connectivity index (χ0) is 13.2. The molecule has 0 aliphatic rings. The minimum Gasteiger partial charge on any atom is -0.394 e. The summed E-state index contributed by atoms with van der Waals surface area (Å²) in [5.74, 6) is -0.399. The molecule has 0 atom stereocenters. The molecule has 0 unspecified atom stereocenters. The van der Waals surface area contributed by atoms with Gasteiger partial charge in [0.1, 0.15) is 5.82 Å². The molecule has 4 nitrogen and oxygen atoms in total. The number of carbonyl (C=O) groups excluding carboxylic acids is 1. The van der Waals surface area contributed by atoms with Crippen LogP contribution in [0.1, 0.15) is 12.0 Å². The van der Waals surface area contributed by atoms with Gasteiger partial charge in [0.15, 0.2) is 0 Å². The zero-order valence-electron chi connectivity index (χ0n) is 10.2. The van der Waals surface area contributed by atoms with Crippen LogP contribution in [0, 0.1) is 5.82 Å². The molecule has 0 aromatic heterocycles. The summed E-state index contributed by atoms with van der Waals surface area (Å²) in [6.07, 6.45) is 0.951. The molecule has 1 aromatic rings. The molecule has 1 rings (SSSR count). The second-order valence-electron chi connectivity index (χ2n) is 3.84. The first kappa shape index (κ1) is 14.6. The Bertz CT molecular complexity index is 354. The highest BCUT2D eigenvalue weighted by molar-refractivity contribution is 5.78. The van der Waals surface area contributed by atoms with Crippen LogP contribution in [-0.4, -0.2) is 37.4 Å². The first-order valence-electron chi connectivity index (χ1n) is 5.92. The maximum atomic E-state index is 12.6. The molecule has 0 radical (unpaired) electrons. The number of amides is 1. The van der Waals surface area contributed by atoms with Crippen molar-refractivity contribution < 1.29 is 19.0 Å². The lowest BCUT2D eigenvalue weighted by molar-refractivity contribution is -0.120. The summed E-state index contributed by atoms with van der Waals surface area (Å²) in [5, 5.41) is 11.2. The molecule has 0 spiro atoms. The Morgan fingerprint density at radius 2 is 2.00 bits per heavy atom. The number of rotatable bonds is 8. The van der Waals surface area contributed by atoms with Gasteiger partial charge in [-0.3, -0.25) is 4.79 Å². The van der Waals surface area contributed by atoms with Crippen molar-refractivity contribution in [2.24, 2.45) is 0 Å². The van der Waals surface area contributed by atoms with Gasteiger partial charge in [-0.25, -0.2) is 4.39 Å². The fourth-order valence-electron chi connectivity index (χ4n) is 1.42. The number of nitrogens with one attached hydrogen (secondary N) is 1. The highest BCUT2D eigenvalue weighted by Crippen LogP contribution is 2.03. The summed E-state index contributed by atoms with van der Waals surface area (Å²) in [7, 11) is 0. The summed E-state index contributed by atoms with van der Waals surface area (Å²) in [6.45, 7) is 1.38.